The second-order valence-electron chi connectivity index (χ2n) is 4.96. The molecule has 0 aliphatic rings. The Kier molecular flexibility index (Phi) is 4.35. The van der Waals surface area contributed by atoms with Gasteiger partial charge in [-0.05, 0) is 29.2 Å². The first kappa shape index (κ1) is 14.1. The van der Waals surface area contributed by atoms with Gasteiger partial charge in [-0.3, -0.25) is 0 Å². The molecule has 2 aromatic rings. The Morgan fingerprint density at radius 3 is 2.50 bits per heavy atom. The normalized spacial score (nSPS) is 10.6. The van der Waals surface area contributed by atoms with E-state index in [0.29, 0.717) is 18.3 Å². The number of anilines is 1. The van der Waals surface area contributed by atoms with Crippen LogP contribution in [-0.4, -0.2) is 16.1 Å². The Balaban J connectivity index is 2.01. The molecular weight excluding hydrogens is 252 g/mol. The summed E-state index contributed by atoms with van der Waals surface area (Å²) in [6, 6.07) is 13.3. The molecule has 0 saturated heterocycles. The van der Waals surface area contributed by atoms with E-state index in [-0.39, 0.29) is 5.69 Å². The summed E-state index contributed by atoms with van der Waals surface area (Å²) in [4.78, 5) is 14.9. The lowest BCUT2D eigenvalue weighted by Gasteiger charge is -2.09. The summed E-state index contributed by atoms with van der Waals surface area (Å²) < 4.78 is 0. The van der Waals surface area contributed by atoms with Crippen molar-refractivity contribution in [3.8, 4) is 0 Å². The molecule has 0 unspecified atom stereocenters. The van der Waals surface area contributed by atoms with Crippen molar-refractivity contribution in [2.75, 3.05) is 5.32 Å². The van der Waals surface area contributed by atoms with Crippen LogP contribution < -0.4 is 5.32 Å². The first-order chi connectivity index (χ1) is 9.56. The Morgan fingerprint density at radius 2 is 1.90 bits per heavy atom. The van der Waals surface area contributed by atoms with Gasteiger partial charge in [0.15, 0.2) is 5.69 Å². The zero-order chi connectivity index (χ0) is 14.5. The lowest BCUT2D eigenvalue weighted by molar-refractivity contribution is 0.0690. The number of aromatic carboxylic acids is 1. The molecular formula is C16H18N2O2. The molecule has 2 N–H and O–H groups in total. The van der Waals surface area contributed by atoms with E-state index in [0.717, 1.165) is 5.56 Å². The first-order valence-corrected chi connectivity index (χ1v) is 6.59. The molecule has 1 aromatic heterocycles. The Labute approximate surface area is 118 Å². The fourth-order valence-corrected chi connectivity index (χ4v) is 1.87. The van der Waals surface area contributed by atoms with E-state index in [1.54, 1.807) is 12.1 Å². The van der Waals surface area contributed by atoms with E-state index >= 15 is 0 Å². The van der Waals surface area contributed by atoms with Crippen LogP contribution in [0.2, 0.25) is 0 Å². The van der Waals surface area contributed by atoms with Crippen molar-refractivity contribution in [1.29, 1.82) is 0 Å². The van der Waals surface area contributed by atoms with Gasteiger partial charge in [0, 0.05) is 6.54 Å². The summed E-state index contributed by atoms with van der Waals surface area (Å²) in [6.07, 6.45) is 0. The van der Waals surface area contributed by atoms with E-state index in [1.165, 1.54) is 11.6 Å². The van der Waals surface area contributed by atoms with E-state index < -0.39 is 5.97 Å². The minimum Gasteiger partial charge on any atom is -0.477 e. The number of benzene rings is 1. The lowest BCUT2D eigenvalue weighted by atomic mass is 10.0. The molecule has 4 nitrogen and oxygen atoms in total. The number of hydrogen-bond donors (Lipinski definition) is 2. The molecule has 1 aromatic carbocycles. The molecule has 4 heteroatoms. The molecule has 0 saturated carbocycles. The van der Waals surface area contributed by atoms with E-state index in [1.807, 2.05) is 0 Å². The van der Waals surface area contributed by atoms with Crippen molar-refractivity contribution in [3.05, 3.63) is 59.3 Å². The number of hydrogen-bond acceptors (Lipinski definition) is 3. The van der Waals surface area contributed by atoms with Crippen LogP contribution in [0.3, 0.4) is 0 Å². The zero-order valence-corrected chi connectivity index (χ0v) is 11.6. The molecule has 2 rings (SSSR count). The van der Waals surface area contributed by atoms with Crippen molar-refractivity contribution in [1.82, 2.24) is 4.98 Å². The monoisotopic (exact) mass is 270 g/mol. The van der Waals surface area contributed by atoms with Gasteiger partial charge in [0.1, 0.15) is 5.82 Å². The third kappa shape index (κ3) is 3.57. The van der Waals surface area contributed by atoms with Gasteiger partial charge in [-0.1, -0.05) is 44.2 Å². The number of carbonyl (C=O) groups is 1. The van der Waals surface area contributed by atoms with E-state index in [4.69, 9.17) is 5.11 Å². The predicted octanol–water partition coefficient (Wildman–Crippen LogP) is 3.52. The maximum Gasteiger partial charge on any atom is 0.354 e. The standard InChI is InChI=1S/C16H18N2O2/c1-11(2)13-8-6-12(7-9-13)10-17-15-5-3-4-14(18-15)16(19)20/h3-9,11H,10H2,1-2H3,(H,17,18)(H,19,20). The van der Waals surface area contributed by atoms with E-state index in [9.17, 15) is 4.79 Å². The van der Waals surface area contributed by atoms with Crippen molar-refractivity contribution in [2.24, 2.45) is 0 Å². The van der Waals surface area contributed by atoms with Gasteiger partial charge >= 0.3 is 5.97 Å². The van der Waals surface area contributed by atoms with Crippen LogP contribution >= 0.6 is 0 Å². The highest BCUT2D eigenvalue weighted by Gasteiger charge is 2.05. The largest absolute Gasteiger partial charge is 0.477 e. The summed E-state index contributed by atoms with van der Waals surface area (Å²) >= 11 is 0. The molecule has 0 amide bonds. The van der Waals surface area contributed by atoms with Crippen LogP contribution in [0.5, 0.6) is 0 Å². The van der Waals surface area contributed by atoms with Gasteiger partial charge in [-0.2, -0.15) is 0 Å². The van der Waals surface area contributed by atoms with Gasteiger partial charge in [-0.15, -0.1) is 0 Å². The summed E-state index contributed by atoms with van der Waals surface area (Å²) in [5.74, 6) is 0.0682. The van der Waals surface area contributed by atoms with Crippen molar-refractivity contribution in [3.63, 3.8) is 0 Å². The third-order valence-electron chi connectivity index (χ3n) is 3.09. The first-order valence-electron chi connectivity index (χ1n) is 6.59. The molecule has 0 aliphatic carbocycles. The number of nitrogens with one attached hydrogen (secondary N) is 1. The summed E-state index contributed by atoms with van der Waals surface area (Å²) in [5.41, 5.74) is 2.49. The maximum absolute atomic E-state index is 10.8. The van der Waals surface area contributed by atoms with Gasteiger partial charge in [-0.25, -0.2) is 9.78 Å². The Bertz CT molecular complexity index is 592. The van der Waals surface area contributed by atoms with Gasteiger partial charge < -0.3 is 10.4 Å². The molecule has 0 aliphatic heterocycles. The topological polar surface area (TPSA) is 62.2 Å². The maximum atomic E-state index is 10.8. The SMILES string of the molecule is CC(C)c1ccc(CNc2cccc(C(=O)O)n2)cc1. The number of pyridine rings is 1. The minimum atomic E-state index is -1.02. The molecule has 1 heterocycles. The molecule has 0 atom stereocenters. The number of aromatic nitrogens is 1. The van der Waals surface area contributed by atoms with Crippen LogP contribution in [0.25, 0.3) is 0 Å². The van der Waals surface area contributed by atoms with Crippen LogP contribution in [0.15, 0.2) is 42.5 Å². The lowest BCUT2D eigenvalue weighted by Crippen LogP contribution is -2.05. The van der Waals surface area contributed by atoms with Gasteiger partial charge in [0.25, 0.3) is 0 Å². The zero-order valence-electron chi connectivity index (χ0n) is 11.6. The van der Waals surface area contributed by atoms with Gasteiger partial charge in [0.05, 0.1) is 0 Å². The number of carboxylic acid groups (broad SMARTS) is 1. The third-order valence-corrected chi connectivity index (χ3v) is 3.09. The molecule has 0 spiro atoms. The smallest absolute Gasteiger partial charge is 0.354 e. The van der Waals surface area contributed by atoms with Crippen LogP contribution in [0, 0.1) is 0 Å². The molecule has 0 radical (unpaired) electrons. The van der Waals surface area contributed by atoms with E-state index in [2.05, 4.69) is 48.4 Å². The molecule has 0 bridgehead atoms. The highest BCUT2D eigenvalue weighted by atomic mass is 16.4. The van der Waals surface area contributed by atoms with Crippen molar-refractivity contribution < 1.29 is 9.90 Å². The second kappa shape index (κ2) is 6.19. The van der Waals surface area contributed by atoms with Gasteiger partial charge in [0.2, 0.25) is 0 Å². The predicted molar refractivity (Wildman–Crippen MR) is 79.1 cm³/mol. The molecule has 104 valence electrons. The van der Waals surface area contributed by atoms with Crippen molar-refractivity contribution in [2.45, 2.75) is 26.3 Å². The second-order valence-corrected chi connectivity index (χ2v) is 4.96. The quantitative estimate of drug-likeness (QED) is 0.872. The number of nitrogens with zero attached hydrogens (tertiary/aromatic N) is 1. The number of rotatable bonds is 5. The van der Waals surface area contributed by atoms with Crippen LogP contribution in [0.4, 0.5) is 5.82 Å². The van der Waals surface area contributed by atoms with Crippen LogP contribution in [-0.2, 0) is 6.54 Å². The van der Waals surface area contributed by atoms with Crippen LogP contribution in [0.1, 0.15) is 41.4 Å². The summed E-state index contributed by atoms with van der Waals surface area (Å²) in [5, 5.41) is 12.0. The fourth-order valence-electron chi connectivity index (χ4n) is 1.87. The Morgan fingerprint density at radius 1 is 1.20 bits per heavy atom. The molecule has 20 heavy (non-hydrogen) atoms. The summed E-state index contributed by atoms with van der Waals surface area (Å²) in [6.45, 7) is 4.94. The fraction of sp³-hybridized carbons (Fsp3) is 0.250. The average molecular weight is 270 g/mol. The Hall–Kier alpha value is -2.36. The minimum absolute atomic E-state index is 0.0464. The number of carboxylic acids is 1. The molecule has 0 fully saturated rings. The van der Waals surface area contributed by atoms with Crippen molar-refractivity contribution >= 4 is 11.8 Å². The summed E-state index contributed by atoms with van der Waals surface area (Å²) in [7, 11) is 0. The average Bonchev–Trinajstić information content (AvgIpc) is 2.46. The highest BCUT2D eigenvalue weighted by Crippen LogP contribution is 2.15. The highest BCUT2D eigenvalue weighted by molar-refractivity contribution is 5.85.